The zero-order valence-electron chi connectivity index (χ0n) is 14.8. The third kappa shape index (κ3) is 4.33. The van der Waals surface area contributed by atoms with Crippen molar-refractivity contribution < 1.29 is 41.9 Å². The molecule has 0 bridgehead atoms. The van der Waals surface area contributed by atoms with Gasteiger partial charge in [0, 0.05) is 6.42 Å². The van der Waals surface area contributed by atoms with Gasteiger partial charge in [0.2, 0.25) is 5.82 Å². The smallest absolute Gasteiger partial charge is 0.510 e. The maximum Gasteiger partial charge on any atom is 0.510 e. The number of phosphoric acid groups is 1. The number of carbonyl (C=O) groups excluding carboxylic acids is 1. The fourth-order valence-electron chi connectivity index (χ4n) is 2.74. The number of fused-ring (bicyclic) bond motifs is 1. The predicted octanol–water partition coefficient (Wildman–Crippen LogP) is -0.160. The van der Waals surface area contributed by atoms with Gasteiger partial charge in [0.15, 0.2) is 6.73 Å². The molecule has 1 aromatic heterocycles. The van der Waals surface area contributed by atoms with Crippen LogP contribution in [0.5, 0.6) is 0 Å². The van der Waals surface area contributed by atoms with E-state index in [0.29, 0.717) is 10.8 Å². The van der Waals surface area contributed by atoms with Gasteiger partial charge in [-0.25, -0.2) is 14.2 Å². The molecule has 1 aromatic rings. The first-order chi connectivity index (χ1) is 13.1. The molecule has 0 radical (unpaired) electrons. The van der Waals surface area contributed by atoms with E-state index in [1.807, 2.05) is 0 Å². The molecular weight excluding hydrogens is 406 g/mol. The quantitative estimate of drug-likeness (QED) is 0.473. The second-order valence-electron chi connectivity index (χ2n) is 6.34. The minimum atomic E-state index is -4.47. The van der Waals surface area contributed by atoms with Gasteiger partial charge in [0.25, 0.3) is 13.4 Å². The molecule has 0 aliphatic carbocycles. The van der Waals surface area contributed by atoms with Crippen LogP contribution in [0.3, 0.4) is 0 Å². The van der Waals surface area contributed by atoms with Crippen LogP contribution in [0.25, 0.3) is 0 Å². The second-order valence-corrected chi connectivity index (χ2v) is 7.71. The van der Waals surface area contributed by atoms with Crippen LogP contribution in [-0.4, -0.2) is 40.2 Å². The summed E-state index contributed by atoms with van der Waals surface area (Å²) >= 11 is 0. The zero-order valence-corrected chi connectivity index (χ0v) is 15.7. The van der Waals surface area contributed by atoms with Crippen molar-refractivity contribution in [2.24, 2.45) is 0 Å². The van der Waals surface area contributed by atoms with Crippen LogP contribution in [0.15, 0.2) is 15.8 Å². The summed E-state index contributed by atoms with van der Waals surface area (Å²) in [5.41, 5.74) is -2.34. The number of aromatic nitrogens is 2. The fourth-order valence-corrected chi connectivity index (χ4v) is 3.69. The first-order valence-corrected chi connectivity index (χ1v) is 9.68. The van der Waals surface area contributed by atoms with Crippen molar-refractivity contribution >= 4 is 14.0 Å². The summed E-state index contributed by atoms with van der Waals surface area (Å²) in [5, 5.41) is 0. The van der Waals surface area contributed by atoms with E-state index in [1.54, 1.807) is 13.8 Å². The standard InChI is InChI=1S/C14H18FN2O10P/c1-7(2)25-14(20)23-6-17-12(18)8(15)4-16(13(17)19)11-3-9-10(26-11)5-24-28(21,22)27-9/h4,7,9-11H,3,5-6H2,1-2H3,(H,21,22)/p-1/t9-,10+,11+/m0/s1. The molecule has 156 valence electrons. The Hall–Kier alpha value is -2.05. The van der Waals surface area contributed by atoms with E-state index in [4.69, 9.17) is 14.0 Å². The molecule has 14 heteroatoms. The molecule has 2 fully saturated rings. The SMILES string of the molecule is CC(C)OC(=O)OCn1c(=O)c(F)cn([C@H]2C[C@@H]3OP(=O)([O-])OC[C@H]3O2)c1=O. The monoisotopic (exact) mass is 423 g/mol. The van der Waals surface area contributed by atoms with Gasteiger partial charge in [0.1, 0.15) is 12.3 Å². The topological polar surface area (TPSA) is 147 Å². The molecule has 3 heterocycles. The van der Waals surface area contributed by atoms with Gasteiger partial charge in [0.05, 0.1) is 25.0 Å². The lowest BCUT2D eigenvalue weighted by atomic mass is 10.2. The van der Waals surface area contributed by atoms with Crippen molar-refractivity contribution in [2.75, 3.05) is 6.61 Å². The second kappa shape index (κ2) is 7.76. The summed E-state index contributed by atoms with van der Waals surface area (Å²) in [4.78, 5) is 47.3. The third-order valence-electron chi connectivity index (χ3n) is 3.95. The number of phosphoric ester groups is 1. The largest absolute Gasteiger partial charge is 0.756 e. The third-order valence-corrected chi connectivity index (χ3v) is 4.94. The molecule has 12 nitrogen and oxygen atoms in total. The van der Waals surface area contributed by atoms with E-state index in [1.165, 1.54) is 0 Å². The molecule has 0 N–H and O–H groups in total. The molecule has 2 saturated heterocycles. The normalized spacial score (nSPS) is 29.5. The summed E-state index contributed by atoms with van der Waals surface area (Å²) in [6, 6.07) is 0. The Bertz CT molecular complexity index is 928. The average molecular weight is 423 g/mol. The highest BCUT2D eigenvalue weighted by molar-refractivity contribution is 7.45. The van der Waals surface area contributed by atoms with Crippen LogP contribution in [0, 0.1) is 5.82 Å². The number of rotatable bonds is 4. The highest BCUT2D eigenvalue weighted by Gasteiger charge is 2.43. The van der Waals surface area contributed by atoms with Gasteiger partial charge < -0.3 is 28.2 Å². The Morgan fingerprint density at radius 2 is 2.14 bits per heavy atom. The number of nitrogens with zero attached hydrogens (tertiary/aromatic N) is 2. The fraction of sp³-hybridized carbons (Fsp3) is 0.643. The van der Waals surface area contributed by atoms with Crippen molar-refractivity contribution in [1.82, 2.24) is 9.13 Å². The molecule has 2 aliphatic rings. The minimum absolute atomic E-state index is 0.103. The highest BCUT2D eigenvalue weighted by Crippen LogP contribution is 2.49. The Kier molecular flexibility index (Phi) is 5.73. The van der Waals surface area contributed by atoms with Gasteiger partial charge in [-0.1, -0.05) is 0 Å². The van der Waals surface area contributed by atoms with Crippen LogP contribution >= 0.6 is 7.82 Å². The van der Waals surface area contributed by atoms with Gasteiger partial charge in [-0.2, -0.15) is 4.39 Å². The van der Waals surface area contributed by atoms with E-state index < -0.39 is 62.3 Å². The Morgan fingerprint density at radius 1 is 1.43 bits per heavy atom. The molecular formula is C14H17FN2O10P-. The van der Waals surface area contributed by atoms with Crippen molar-refractivity contribution in [3.63, 3.8) is 0 Å². The lowest BCUT2D eigenvalue weighted by Gasteiger charge is -2.33. The van der Waals surface area contributed by atoms with E-state index in [9.17, 15) is 28.2 Å². The molecule has 0 spiro atoms. The molecule has 1 unspecified atom stereocenters. The number of hydrogen-bond acceptors (Lipinski definition) is 10. The molecule has 0 amide bonds. The van der Waals surface area contributed by atoms with Crippen LogP contribution in [0.1, 0.15) is 26.5 Å². The van der Waals surface area contributed by atoms with Crippen LogP contribution in [0.2, 0.25) is 0 Å². The summed E-state index contributed by atoms with van der Waals surface area (Å²) in [6.45, 7) is 1.93. The predicted molar refractivity (Wildman–Crippen MR) is 84.6 cm³/mol. The molecule has 4 atom stereocenters. The van der Waals surface area contributed by atoms with Crippen LogP contribution in [0.4, 0.5) is 9.18 Å². The van der Waals surface area contributed by atoms with Crippen molar-refractivity contribution in [3.8, 4) is 0 Å². The Labute approximate surface area is 156 Å². The average Bonchev–Trinajstić information content (AvgIpc) is 2.98. The summed E-state index contributed by atoms with van der Waals surface area (Å²) in [7, 11) is -4.47. The number of halogens is 1. The first kappa shape index (κ1) is 20.7. The van der Waals surface area contributed by atoms with Crippen LogP contribution < -0.4 is 16.1 Å². The number of ether oxygens (including phenoxy) is 3. The first-order valence-electron chi connectivity index (χ1n) is 8.21. The van der Waals surface area contributed by atoms with Crippen LogP contribution in [-0.2, 0) is 34.6 Å². The van der Waals surface area contributed by atoms with Crippen molar-refractivity contribution in [1.29, 1.82) is 0 Å². The van der Waals surface area contributed by atoms with E-state index in [2.05, 4.69) is 9.26 Å². The summed E-state index contributed by atoms with van der Waals surface area (Å²) in [5.74, 6) is -1.30. The zero-order chi connectivity index (χ0) is 20.6. The molecule has 0 aromatic carbocycles. The Balaban J connectivity index is 1.82. The maximum absolute atomic E-state index is 14.0. The van der Waals surface area contributed by atoms with Crippen molar-refractivity contribution in [3.05, 3.63) is 32.9 Å². The minimum Gasteiger partial charge on any atom is -0.756 e. The van der Waals surface area contributed by atoms with Gasteiger partial charge in [-0.3, -0.25) is 13.9 Å². The summed E-state index contributed by atoms with van der Waals surface area (Å²) < 4.78 is 50.7. The van der Waals surface area contributed by atoms with E-state index in [0.717, 1.165) is 4.57 Å². The number of carbonyl (C=O) groups is 1. The Morgan fingerprint density at radius 3 is 2.82 bits per heavy atom. The molecule has 28 heavy (non-hydrogen) atoms. The van der Waals surface area contributed by atoms with Crippen molar-refractivity contribution in [2.45, 2.75) is 51.5 Å². The molecule has 2 aliphatic heterocycles. The lowest BCUT2D eigenvalue weighted by molar-refractivity contribution is -0.243. The summed E-state index contributed by atoms with van der Waals surface area (Å²) in [6.07, 6.45) is -3.95. The lowest BCUT2D eigenvalue weighted by Crippen LogP contribution is -2.43. The van der Waals surface area contributed by atoms with E-state index >= 15 is 0 Å². The van der Waals surface area contributed by atoms with E-state index in [-0.39, 0.29) is 13.0 Å². The number of hydrogen-bond donors (Lipinski definition) is 0. The molecule has 3 rings (SSSR count). The highest BCUT2D eigenvalue weighted by atomic mass is 31.2. The van der Waals surface area contributed by atoms with Gasteiger partial charge >= 0.3 is 11.8 Å². The maximum atomic E-state index is 14.0. The van der Waals surface area contributed by atoms with Gasteiger partial charge in [-0.15, -0.1) is 0 Å². The molecule has 0 saturated carbocycles. The van der Waals surface area contributed by atoms with Gasteiger partial charge in [-0.05, 0) is 13.8 Å².